The minimum Gasteiger partial charge on any atom is -0.457 e. The number of piperidine rings is 2. The van der Waals surface area contributed by atoms with Crippen LogP contribution in [0.1, 0.15) is 52.0 Å². The van der Waals surface area contributed by atoms with Crippen LogP contribution in [0.25, 0.3) is 0 Å². The molecule has 0 aromatic heterocycles. The van der Waals surface area contributed by atoms with Crippen LogP contribution in [0.4, 0.5) is 15.8 Å². The molecule has 5 amide bonds. The Kier molecular flexibility index (Phi) is 10.5. The lowest BCUT2D eigenvalue weighted by Gasteiger charge is -2.44. The molecule has 284 valence electrons. The molecule has 7 rings (SSSR count). The van der Waals surface area contributed by atoms with Crippen LogP contribution in [0, 0.1) is 5.82 Å². The lowest BCUT2D eigenvalue weighted by Crippen LogP contribution is -2.59. The second-order valence-electron chi connectivity index (χ2n) is 14.2. The Hall–Kier alpha value is -5.54. The van der Waals surface area contributed by atoms with Crippen molar-refractivity contribution >= 4 is 40.9 Å². The number of para-hydroxylation sites is 2. The van der Waals surface area contributed by atoms with Crippen molar-refractivity contribution in [3.05, 3.63) is 83.2 Å². The number of fused-ring (bicyclic) bond motifs is 6. The monoisotopic (exact) mass is 742 g/mol. The van der Waals surface area contributed by atoms with Crippen LogP contribution in [0.2, 0.25) is 0 Å². The summed E-state index contributed by atoms with van der Waals surface area (Å²) >= 11 is 0. The van der Waals surface area contributed by atoms with E-state index in [1.54, 1.807) is 15.9 Å². The number of likely N-dealkylation sites (tertiary alicyclic amines) is 2. The molecule has 4 aliphatic heterocycles. The average molecular weight is 743 g/mol. The average Bonchev–Trinajstić information content (AvgIpc) is 3.15. The maximum absolute atomic E-state index is 15.0. The van der Waals surface area contributed by atoms with E-state index in [0.717, 1.165) is 5.69 Å². The fourth-order valence-electron chi connectivity index (χ4n) is 7.49. The van der Waals surface area contributed by atoms with Crippen LogP contribution in [-0.2, 0) is 30.5 Å². The summed E-state index contributed by atoms with van der Waals surface area (Å²) in [7, 11) is 2.99. The number of methoxy groups -OCH3 is 1. The minimum atomic E-state index is -0.878. The maximum atomic E-state index is 15.0. The molecule has 2 saturated heterocycles. The molecule has 15 heteroatoms. The predicted octanol–water partition coefficient (Wildman–Crippen LogP) is 3.38. The quantitative estimate of drug-likeness (QED) is 0.365. The molecule has 0 unspecified atom stereocenters. The van der Waals surface area contributed by atoms with Crippen LogP contribution in [0.15, 0.2) is 60.7 Å². The molecule has 0 radical (unpaired) electrons. The second-order valence-corrected chi connectivity index (χ2v) is 14.2. The number of likely N-dealkylation sites (N-methyl/N-ethyl adjacent to an activating group) is 1. The standard InChI is InChI=1S/C39H43FN6O8/c1-44-22-34(47)41-32-21-46(35(48)8-14-52-2)11-7-33(32)53-23-24-15-27(40)20-28(16-24)54-29-18-25(36(44)49)17-26(19-29)37(50)45-12-9-39(10-13-45)38(51)42-30-5-3-4-6-31(30)43-39/h3-6,15-20,32-33,43H,7-14,21-23H2,1-2H3,(H,41,47)(H,42,51)/t32-,33+/m1/s1. The third-order valence-electron chi connectivity index (χ3n) is 10.4. The molecule has 3 N–H and O–H groups in total. The molecule has 54 heavy (non-hydrogen) atoms. The Balaban J connectivity index is 1.13. The van der Waals surface area contributed by atoms with Gasteiger partial charge in [0.05, 0.1) is 49.7 Å². The maximum Gasteiger partial charge on any atom is 0.254 e. The molecule has 0 saturated carbocycles. The van der Waals surface area contributed by atoms with Gasteiger partial charge in [0.2, 0.25) is 17.7 Å². The van der Waals surface area contributed by atoms with Crippen LogP contribution < -0.4 is 20.7 Å². The third-order valence-corrected chi connectivity index (χ3v) is 10.4. The third kappa shape index (κ3) is 7.87. The van der Waals surface area contributed by atoms with E-state index in [-0.39, 0.29) is 86.2 Å². The first-order valence-electron chi connectivity index (χ1n) is 18.0. The fourth-order valence-corrected chi connectivity index (χ4v) is 7.49. The van der Waals surface area contributed by atoms with Gasteiger partial charge in [-0.25, -0.2) is 4.39 Å². The Morgan fingerprint density at radius 3 is 2.50 bits per heavy atom. The zero-order chi connectivity index (χ0) is 38.0. The van der Waals surface area contributed by atoms with Gasteiger partial charge in [-0.05, 0) is 67.3 Å². The Morgan fingerprint density at radius 2 is 1.72 bits per heavy atom. The van der Waals surface area contributed by atoms with Gasteiger partial charge in [-0.2, -0.15) is 0 Å². The molecule has 14 nitrogen and oxygen atoms in total. The van der Waals surface area contributed by atoms with E-state index in [1.807, 2.05) is 24.3 Å². The van der Waals surface area contributed by atoms with Crippen molar-refractivity contribution in [3.8, 4) is 11.5 Å². The predicted molar refractivity (Wildman–Crippen MR) is 195 cm³/mol. The van der Waals surface area contributed by atoms with Crippen molar-refractivity contribution in [2.24, 2.45) is 0 Å². The number of nitrogens with zero attached hydrogens (tertiary/aromatic N) is 3. The van der Waals surface area contributed by atoms with Gasteiger partial charge in [-0.1, -0.05) is 12.1 Å². The molecule has 4 heterocycles. The Bertz CT molecular complexity index is 1970. The summed E-state index contributed by atoms with van der Waals surface area (Å²) in [5.74, 6) is -2.00. The molecule has 0 aliphatic carbocycles. The van der Waals surface area contributed by atoms with E-state index in [1.165, 1.54) is 49.4 Å². The minimum absolute atomic E-state index is 0.000140. The van der Waals surface area contributed by atoms with Crippen molar-refractivity contribution in [1.29, 1.82) is 0 Å². The number of hydrogen-bond acceptors (Lipinski definition) is 9. The second kappa shape index (κ2) is 15.4. The van der Waals surface area contributed by atoms with E-state index in [9.17, 15) is 28.4 Å². The van der Waals surface area contributed by atoms with Crippen molar-refractivity contribution < 1.29 is 42.6 Å². The number of hydrogen-bond donors (Lipinski definition) is 3. The Labute approximate surface area is 311 Å². The lowest BCUT2D eigenvalue weighted by atomic mass is 9.84. The highest BCUT2D eigenvalue weighted by Crippen LogP contribution is 2.37. The highest BCUT2D eigenvalue weighted by molar-refractivity contribution is 6.06. The van der Waals surface area contributed by atoms with E-state index < -0.39 is 35.3 Å². The highest BCUT2D eigenvalue weighted by Gasteiger charge is 2.45. The molecule has 3 aromatic carbocycles. The number of carbonyl (C=O) groups excluding carboxylic acids is 5. The number of nitrogens with one attached hydrogen (secondary N) is 3. The van der Waals surface area contributed by atoms with E-state index >= 15 is 0 Å². The Morgan fingerprint density at radius 1 is 0.963 bits per heavy atom. The summed E-state index contributed by atoms with van der Waals surface area (Å²) in [6.07, 6.45) is 0.833. The highest BCUT2D eigenvalue weighted by atomic mass is 19.1. The number of anilines is 2. The first kappa shape index (κ1) is 36.8. The van der Waals surface area contributed by atoms with Gasteiger partial charge >= 0.3 is 0 Å². The molecule has 2 atom stereocenters. The zero-order valence-electron chi connectivity index (χ0n) is 30.2. The molecular weight excluding hydrogens is 699 g/mol. The molecule has 4 bridgehead atoms. The summed E-state index contributed by atoms with van der Waals surface area (Å²) in [4.78, 5) is 71.8. The van der Waals surface area contributed by atoms with Gasteiger partial charge in [0.1, 0.15) is 22.9 Å². The molecule has 2 fully saturated rings. The van der Waals surface area contributed by atoms with Gasteiger partial charge in [0.25, 0.3) is 11.8 Å². The van der Waals surface area contributed by atoms with Crippen molar-refractivity contribution in [2.45, 2.75) is 50.0 Å². The topological polar surface area (TPSA) is 159 Å². The molecular formula is C39H43FN6O8. The number of ether oxygens (including phenoxy) is 3. The lowest BCUT2D eigenvalue weighted by molar-refractivity contribution is -0.138. The van der Waals surface area contributed by atoms with E-state index in [4.69, 9.17) is 14.2 Å². The van der Waals surface area contributed by atoms with Crippen molar-refractivity contribution in [2.75, 3.05) is 64.1 Å². The number of halogens is 1. The van der Waals surface area contributed by atoms with Crippen molar-refractivity contribution in [3.63, 3.8) is 0 Å². The van der Waals surface area contributed by atoms with E-state index in [0.29, 0.717) is 37.1 Å². The SMILES string of the molecule is COCCC(=O)N1CC[C@@H]2OCc3cc(F)cc(c3)Oc3cc(cc(C(=O)N4CCC5(CC4)Nc4ccccc4NC5=O)c3)C(=O)N(C)CC(=O)N[C@@H]2C1. The van der Waals surface area contributed by atoms with Crippen LogP contribution in [0.3, 0.4) is 0 Å². The first-order valence-corrected chi connectivity index (χ1v) is 18.0. The zero-order valence-corrected chi connectivity index (χ0v) is 30.2. The van der Waals surface area contributed by atoms with Crippen LogP contribution in [0.5, 0.6) is 11.5 Å². The number of benzene rings is 3. The summed E-state index contributed by atoms with van der Waals surface area (Å²) < 4.78 is 32.3. The number of carbonyl (C=O) groups is 5. The van der Waals surface area contributed by atoms with Crippen LogP contribution >= 0.6 is 0 Å². The summed E-state index contributed by atoms with van der Waals surface area (Å²) in [6.45, 7) is 1.07. The first-order chi connectivity index (χ1) is 26.0. The summed E-state index contributed by atoms with van der Waals surface area (Å²) in [6, 6.07) is 15.4. The van der Waals surface area contributed by atoms with Gasteiger partial charge in [-0.3, -0.25) is 24.0 Å². The number of rotatable bonds is 4. The normalized spacial score (nSPS) is 21.2. The largest absolute Gasteiger partial charge is 0.457 e. The van der Waals surface area contributed by atoms with Gasteiger partial charge < -0.3 is 44.9 Å². The molecule has 1 spiro atoms. The fraction of sp³-hybridized carbons (Fsp3) is 0.410. The molecule has 3 aromatic rings. The van der Waals surface area contributed by atoms with Crippen molar-refractivity contribution in [1.82, 2.24) is 20.0 Å². The molecule has 4 aliphatic rings. The number of amides is 5. The van der Waals surface area contributed by atoms with Gasteiger partial charge in [0, 0.05) is 57.5 Å². The van der Waals surface area contributed by atoms with E-state index in [2.05, 4.69) is 16.0 Å². The van der Waals surface area contributed by atoms with Gasteiger partial charge in [0.15, 0.2) is 0 Å². The smallest absolute Gasteiger partial charge is 0.254 e. The van der Waals surface area contributed by atoms with Gasteiger partial charge in [-0.15, -0.1) is 0 Å². The van der Waals surface area contributed by atoms with Crippen LogP contribution in [-0.4, -0.2) is 115 Å². The summed E-state index contributed by atoms with van der Waals surface area (Å²) in [5.41, 5.74) is 1.34. The summed E-state index contributed by atoms with van der Waals surface area (Å²) in [5, 5.41) is 9.31.